The van der Waals surface area contributed by atoms with E-state index >= 15 is 0 Å². The SMILES string of the molecule is C=CC=Cc1ccccc1.C[Si](C)(C)P(=NC1=CC=CC1)([Si](C)(C)C)[Si](C)(C)C.[Ti]. The molecule has 1 aromatic rings. The predicted molar refractivity (Wildman–Crippen MR) is 147 cm³/mol. The van der Waals surface area contributed by atoms with Gasteiger partial charge < -0.3 is 0 Å². The minimum Gasteiger partial charge on any atom is -0.284 e. The summed E-state index contributed by atoms with van der Waals surface area (Å²) in [4.78, 5) is 0. The zero-order valence-corrected chi connectivity index (χ0v) is 26.1. The molecule has 0 atom stereocenters. The smallest absolute Gasteiger partial charge is 0.0843 e. The van der Waals surface area contributed by atoms with Crippen molar-refractivity contribution in [3.8, 4) is 0 Å². The zero-order valence-electron chi connectivity index (χ0n) is 20.7. The van der Waals surface area contributed by atoms with Crippen LogP contribution in [0.25, 0.3) is 6.08 Å². The Hall–Kier alpha value is -0.225. The first-order chi connectivity index (χ1) is 13.3. The van der Waals surface area contributed by atoms with Gasteiger partial charge in [0.05, 0.1) is 23.2 Å². The molecule has 0 saturated heterocycles. The van der Waals surface area contributed by atoms with Gasteiger partial charge in [0.15, 0.2) is 0 Å². The van der Waals surface area contributed by atoms with Crippen molar-refractivity contribution in [1.82, 2.24) is 0 Å². The number of rotatable bonds is 6. The van der Waals surface area contributed by atoms with Crippen molar-refractivity contribution in [1.29, 1.82) is 0 Å². The van der Waals surface area contributed by atoms with Crippen LogP contribution < -0.4 is 0 Å². The van der Waals surface area contributed by atoms with Crippen LogP contribution in [0.2, 0.25) is 58.9 Å². The van der Waals surface area contributed by atoms with Gasteiger partial charge in [-0.25, -0.2) is 0 Å². The van der Waals surface area contributed by atoms with Crippen molar-refractivity contribution < 1.29 is 21.7 Å². The van der Waals surface area contributed by atoms with Gasteiger partial charge >= 0.3 is 0 Å². The Bertz CT molecular complexity index is 778. The number of allylic oxidation sites excluding steroid dienone is 5. The van der Waals surface area contributed by atoms with Crippen molar-refractivity contribution >= 4 is 35.0 Å². The van der Waals surface area contributed by atoms with E-state index in [2.05, 4.69) is 95.9 Å². The summed E-state index contributed by atoms with van der Waals surface area (Å²) in [5.74, 6) is 0. The van der Waals surface area contributed by atoms with Crippen LogP contribution in [0.5, 0.6) is 0 Å². The Kier molecular flexibility index (Phi) is 12.0. The van der Waals surface area contributed by atoms with Gasteiger partial charge in [0, 0.05) is 33.8 Å². The van der Waals surface area contributed by atoms with Gasteiger partial charge in [0.2, 0.25) is 0 Å². The van der Waals surface area contributed by atoms with Crippen molar-refractivity contribution in [3.05, 3.63) is 78.6 Å². The van der Waals surface area contributed by atoms with E-state index in [9.17, 15) is 0 Å². The van der Waals surface area contributed by atoms with Gasteiger partial charge in [0.25, 0.3) is 0 Å². The molecule has 0 unspecified atom stereocenters. The Morgan fingerprint density at radius 1 is 0.867 bits per heavy atom. The summed E-state index contributed by atoms with van der Waals surface area (Å²) in [7, 11) is -3.83. The van der Waals surface area contributed by atoms with E-state index in [0.29, 0.717) is 0 Å². The molecule has 6 heteroatoms. The summed E-state index contributed by atoms with van der Waals surface area (Å²) in [6, 6.07) is 10.1. The molecule has 0 fully saturated rings. The van der Waals surface area contributed by atoms with Crippen LogP contribution in [0.1, 0.15) is 12.0 Å². The van der Waals surface area contributed by atoms with E-state index in [0.717, 1.165) is 6.42 Å². The summed E-state index contributed by atoms with van der Waals surface area (Å²) in [5.41, 5.74) is 1.42. The van der Waals surface area contributed by atoms with Gasteiger partial charge in [-0.2, -0.15) is 0 Å². The van der Waals surface area contributed by atoms with Crippen LogP contribution >= 0.6 is 5.70 Å². The normalized spacial score (nSPS) is 14.5. The molecule has 1 aliphatic carbocycles. The number of benzene rings is 1. The zero-order chi connectivity index (χ0) is 22.3. The molecule has 0 bridgehead atoms. The molecule has 164 valence electrons. The minimum atomic E-state index is -1.28. The molecule has 0 aliphatic heterocycles. The molecular weight excluding hydrogens is 465 g/mol. The predicted octanol–water partition coefficient (Wildman–Crippen LogP) is 9.42. The largest absolute Gasteiger partial charge is 0.284 e. The van der Waals surface area contributed by atoms with Crippen LogP contribution in [0.3, 0.4) is 0 Å². The quantitative estimate of drug-likeness (QED) is 0.207. The van der Waals surface area contributed by atoms with E-state index in [-0.39, 0.29) is 21.7 Å². The Morgan fingerprint density at radius 3 is 1.73 bits per heavy atom. The third-order valence-electron chi connectivity index (χ3n) is 5.17. The average Bonchev–Trinajstić information content (AvgIpc) is 3.09. The third-order valence-corrected chi connectivity index (χ3v) is 66.1. The Labute approximate surface area is 204 Å². The van der Waals surface area contributed by atoms with Crippen LogP contribution in [-0.4, -0.2) is 23.2 Å². The molecule has 0 spiro atoms. The van der Waals surface area contributed by atoms with E-state index in [1.807, 2.05) is 30.4 Å². The molecule has 0 saturated carbocycles. The molecule has 1 nitrogen and oxygen atoms in total. The van der Waals surface area contributed by atoms with Crippen LogP contribution in [0.4, 0.5) is 0 Å². The van der Waals surface area contributed by atoms with Gasteiger partial charge in [-0.1, -0.05) is 132 Å². The summed E-state index contributed by atoms with van der Waals surface area (Å²) < 4.78 is 5.62. The third kappa shape index (κ3) is 7.72. The van der Waals surface area contributed by atoms with Crippen LogP contribution in [0, 0.1) is 0 Å². The molecule has 1 aromatic carbocycles. The topological polar surface area (TPSA) is 12.4 Å². The molecule has 0 N–H and O–H groups in total. The molecule has 1 aliphatic rings. The summed E-state index contributed by atoms with van der Waals surface area (Å²) in [6.07, 6.45) is 13.5. The molecule has 0 radical (unpaired) electrons. The maximum atomic E-state index is 5.62. The van der Waals surface area contributed by atoms with E-state index < -0.39 is 28.9 Å². The monoisotopic (exact) mass is 507 g/mol. The minimum absolute atomic E-state index is 0. The van der Waals surface area contributed by atoms with Crippen molar-refractivity contribution in [3.63, 3.8) is 0 Å². The fourth-order valence-electron chi connectivity index (χ4n) is 4.91. The number of nitrogens with zero attached hydrogens (tertiary/aromatic N) is 1. The maximum absolute atomic E-state index is 5.62. The fourth-order valence-corrected chi connectivity index (χ4v) is 88.7. The summed E-state index contributed by atoms with van der Waals surface area (Å²) >= 11 is 0. The van der Waals surface area contributed by atoms with Gasteiger partial charge in [-0.05, 0) is 11.6 Å². The first-order valence-corrected chi connectivity index (χ1v) is 25.4. The molecule has 30 heavy (non-hydrogen) atoms. The standard InChI is InChI=1S/C14H32NPSi3.C10H10.Ti/c1-17(2,3)16(18(4,5)6,19(7,8)9)15-14-12-10-11-13-14;1-2-3-7-10-8-5-4-6-9-10;/h10-12H,13H2,1-9H3;2-9H,1H2;. The van der Waals surface area contributed by atoms with Crippen LogP contribution in [0.15, 0.2) is 77.7 Å². The maximum Gasteiger partial charge on any atom is 0.0843 e. The first-order valence-electron chi connectivity index (χ1n) is 10.6. The second-order valence-corrected chi connectivity index (χ2v) is 47.0. The van der Waals surface area contributed by atoms with Gasteiger partial charge in [0.1, 0.15) is 0 Å². The number of hydrogen-bond acceptors (Lipinski definition) is 1. The first kappa shape index (κ1) is 29.8. The van der Waals surface area contributed by atoms with Gasteiger partial charge in [-0.15, -0.1) is 0 Å². The van der Waals surface area contributed by atoms with Crippen molar-refractivity contribution in [2.75, 3.05) is 0 Å². The van der Waals surface area contributed by atoms with Crippen molar-refractivity contribution in [2.45, 2.75) is 65.3 Å². The molecule has 0 heterocycles. The van der Waals surface area contributed by atoms with E-state index in [1.165, 1.54) is 11.3 Å². The van der Waals surface area contributed by atoms with Crippen molar-refractivity contribution in [2.24, 2.45) is 4.74 Å². The van der Waals surface area contributed by atoms with Crippen LogP contribution in [-0.2, 0) is 21.7 Å². The molecule has 2 rings (SSSR count). The van der Waals surface area contributed by atoms with Gasteiger partial charge in [-0.3, -0.25) is 4.74 Å². The molecule has 0 aromatic heterocycles. The Morgan fingerprint density at radius 2 is 1.37 bits per heavy atom. The average molecular weight is 508 g/mol. The fraction of sp³-hybridized carbons (Fsp3) is 0.417. The second-order valence-electron chi connectivity index (χ2n) is 10.5. The second kappa shape index (κ2) is 12.1. The Balaban J connectivity index is 0.000000646. The summed E-state index contributed by atoms with van der Waals surface area (Å²) in [6.45, 7) is 26.9. The summed E-state index contributed by atoms with van der Waals surface area (Å²) in [5, 5.41) is 0. The van der Waals surface area contributed by atoms with E-state index in [1.54, 1.807) is 6.08 Å². The number of hydrogen-bond donors (Lipinski definition) is 0. The molecule has 0 amide bonds. The van der Waals surface area contributed by atoms with E-state index in [4.69, 9.17) is 4.74 Å². The molecular formula is C24H42NPSi3Ti.